The Labute approximate surface area is 234 Å². The maximum atomic E-state index is 13.6. The van der Waals surface area contributed by atoms with Crippen LogP contribution < -0.4 is 5.32 Å². The first-order valence-corrected chi connectivity index (χ1v) is 13.8. The average molecular weight is 557 g/mol. The molecule has 1 fully saturated rings. The van der Waals surface area contributed by atoms with Gasteiger partial charge in [-0.3, -0.25) is 24.1 Å². The zero-order valence-corrected chi connectivity index (χ0v) is 25.9. The summed E-state index contributed by atoms with van der Waals surface area (Å²) < 4.78 is 16.4. The van der Waals surface area contributed by atoms with E-state index in [1.54, 1.807) is 56.7 Å². The highest BCUT2D eigenvalue weighted by Crippen LogP contribution is 2.29. The molecule has 1 heterocycles. The number of carbonyl (C=O) groups excluding carboxylic acids is 4. The Morgan fingerprint density at radius 3 is 2.15 bits per heavy atom. The van der Waals surface area contributed by atoms with Crippen LogP contribution in [0.15, 0.2) is 0 Å². The van der Waals surface area contributed by atoms with E-state index in [0.717, 1.165) is 19.3 Å². The number of carbonyl (C=O) groups is 4. The van der Waals surface area contributed by atoms with Crippen molar-refractivity contribution in [2.75, 3.05) is 55.6 Å². The number of likely N-dealkylation sites (tertiary alicyclic amines) is 1. The second-order valence-corrected chi connectivity index (χ2v) is 11.3. The van der Waals surface area contributed by atoms with Gasteiger partial charge < -0.3 is 29.3 Å². The molecule has 39 heavy (non-hydrogen) atoms. The zero-order chi connectivity index (χ0) is 30.1. The Balaban J connectivity index is 3.06. The van der Waals surface area contributed by atoms with Crippen molar-refractivity contribution < 1.29 is 33.4 Å². The van der Waals surface area contributed by atoms with Crippen molar-refractivity contribution in [2.24, 2.45) is 11.8 Å². The Morgan fingerprint density at radius 2 is 1.67 bits per heavy atom. The number of hydrogen-bond acceptors (Lipinski definition) is 8. The van der Waals surface area contributed by atoms with Gasteiger partial charge in [-0.2, -0.15) is 0 Å². The fraction of sp³-hybridized carbons (Fsp3) is 0.857. The minimum Gasteiger partial charge on any atom is -0.469 e. The van der Waals surface area contributed by atoms with Crippen molar-refractivity contribution in [3.63, 3.8) is 0 Å². The Kier molecular flexibility index (Phi) is 13.8. The summed E-state index contributed by atoms with van der Waals surface area (Å²) in [6.07, 6.45) is 1.32. The summed E-state index contributed by atoms with van der Waals surface area (Å²) in [5.74, 6) is -1.50. The predicted molar refractivity (Wildman–Crippen MR) is 149 cm³/mol. The van der Waals surface area contributed by atoms with Crippen molar-refractivity contribution in [1.29, 1.82) is 0 Å². The lowest BCUT2D eigenvalue weighted by molar-refractivity contribution is -0.154. The number of nitrogens with zero attached hydrogens (tertiary/aromatic N) is 3. The molecule has 3 amide bonds. The molecule has 0 saturated carbocycles. The summed E-state index contributed by atoms with van der Waals surface area (Å²) in [4.78, 5) is 56.8. The number of nitrogens with one attached hydrogen (secondary N) is 1. The van der Waals surface area contributed by atoms with Gasteiger partial charge >= 0.3 is 5.97 Å². The van der Waals surface area contributed by atoms with E-state index in [0.29, 0.717) is 6.54 Å². The smallest absolute Gasteiger partial charge is 0.311 e. The van der Waals surface area contributed by atoms with Crippen LogP contribution in [-0.4, -0.2) is 124 Å². The van der Waals surface area contributed by atoms with Gasteiger partial charge in [0.25, 0.3) is 0 Å². The van der Waals surface area contributed by atoms with Gasteiger partial charge in [-0.15, -0.1) is 0 Å². The fourth-order valence-electron chi connectivity index (χ4n) is 5.20. The molecule has 1 N–H and O–H groups in total. The first-order valence-electron chi connectivity index (χ1n) is 13.8. The normalized spacial score (nSPS) is 19.7. The molecule has 0 aliphatic carbocycles. The third-order valence-electron chi connectivity index (χ3n) is 8.54. The number of rotatable bonds is 15. The highest BCUT2D eigenvalue weighted by molar-refractivity contribution is 5.89. The van der Waals surface area contributed by atoms with Gasteiger partial charge in [-0.25, -0.2) is 0 Å². The van der Waals surface area contributed by atoms with E-state index < -0.39 is 23.7 Å². The second-order valence-electron chi connectivity index (χ2n) is 11.3. The van der Waals surface area contributed by atoms with Gasteiger partial charge in [0.05, 0.1) is 55.8 Å². The van der Waals surface area contributed by atoms with Crippen LogP contribution in [0.3, 0.4) is 0 Å². The molecular formula is C28H52N4O7. The van der Waals surface area contributed by atoms with E-state index in [2.05, 4.69) is 5.32 Å². The quantitative estimate of drug-likeness (QED) is 0.302. The number of esters is 1. The average Bonchev–Trinajstić information content (AvgIpc) is 3.39. The second kappa shape index (κ2) is 15.5. The SMILES string of the molecule is CCC(C)C(C(CC(=O)N1CCCC1C(OC)C(C)C(=O)OC)OC)N(C)C(=O)CNC(=O)C(C)(C)N(C)C. The van der Waals surface area contributed by atoms with E-state index in [4.69, 9.17) is 14.2 Å². The predicted octanol–water partition coefficient (Wildman–Crippen LogP) is 1.54. The Morgan fingerprint density at radius 1 is 1.05 bits per heavy atom. The summed E-state index contributed by atoms with van der Waals surface area (Å²) >= 11 is 0. The molecule has 1 aliphatic rings. The van der Waals surface area contributed by atoms with Crippen molar-refractivity contribution in [3.8, 4) is 0 Å². The summed E-state index contributed by atoms with van der Waals surface area (Å²) in [5.41, 5.74) is -0.770. The summed E-state index contributed by atoms with van der Waals surface area (Å²) in [6, 6.07) is -0.644. The lowest BCUT2D eigenvalue weighted by Crippen LogP contribution is -2.56. The number of methoxy groups -OCH3 is 3. The maximum Gasteiger partial charge on any atom is 0.311 e. The monoisotopic (exact) mass is 556 g/mol. The molecule has 1 rings (SSSR count). The van der Waals surface area contributed by atoms with Gasteiger partial charge in [0, 0.05) is 27.8 Å². The summed E-state index contributed by atoms with van der Waals surface area (Å²) in [6.45, 7) is 9.78. The van der Waals surface area contributed by atoms with Crippen molar-refractivity contribution in [3.05, 3.63) is 0 Å². The van der Waals surface area contributed by atoms with Crippen LogP contribution in [0.2, 0.25) is 0 Å². The van der Waals surface area contributed by atoms with Crippen LogP contribution in [-0.2, 0) is 33.4 Å². The van der Waals surface area contributed by atoms with Gasteiger partial charge in [0.15, 0.2) is 0 Å². The van der Waals surface area contributed by atoms with Crippen LogP contribution in [0.4, 0.5) is 0 Å². The maximum absolute atomic E-state index is 13.6. The molecule has 11 nitrogen and oxygen atoms in total. The Bertz CT molecular complexity index is 835. The molecule has 6 unspecified atom stereocenters. The minimum absolute atomic E-state index is 0.0334. The standard InChI is InChI=1S/C28H52N4O7/c1-12-18(2)24(31(8)23(34)17-29-27(36)28(4,5)30(6)7)21(37-9)16-22(33)32-15-13-14-20(32)25(38-10)19(3)26(35)39-11/h18-21,24-25H,12-17H2,1-11H3,(H,29,36). The van der Waals surface area contributed by atoms with Crippen molar-refractivity contribution in [2.45, 2.75) is 90.1 Å². The van der Waals surface area contributed by atoms with E-state index in [1.165, 1.54) is 7.11 Å². The highest BCUT2D eigenvalue weighted by Gasteiger charge is 2.42. The lowest BCUT2D eigenvalue weighted by Gasteiger charge is -2.39. The van der Waals surface area contributed by atoms with Crippen LogP contribution in [0.1, 0.15) is 60.3 Å². The number of hydrogen-bond donors (Lipinski definition) is 1. The molecule has 0 radical (unpaired) electrons. The number of ether oxygens (including phenoxy) is 3. The lowest BCUT2D eigenvalue weighted by atomic mass is 9.90. The first kappa shape index (κ1) is 34.8. The van der Waals surface area contributed by atoms with Crippen LogP contribution in [0.25, 0.3) is 0 Å². The third-order valence-corrected chi connectivity index (χ3v) is 8.54. The van der Waals surface area contributed by atoms with Gasteiger partial charge in [-0.1, -0.05) is 20.3 Å². The van der Waals surface area contributed by atoms with Gasteiger partial charge in [0.2, 0.25) is 17.7 Å². The van der Waals surface area contributed by atoms with Crippen LogP contribution >= 0.6 is 0 Å². The largest absolute Gasteiger partial charge is 0.469 e. The van der Waals surface area contributed by atoms with E-state index in [9.17, 15) is 19.2 Å². The van der Waals surface area contributed by atoms with Crippen molar-refractivity contribution in [1.82, 2.24) is 20.0 Å². The number of likely N-dealkylation sites (N-methyl/N-ethyl adjacent to an activating group) is 2. The molecule has 0 aromatic heterocycles. The van der Waals surface area contributed by atoms with E-state index in [1.807, 2.05) is 27.9 Å². The molecule has 0 bridgehead atoms. The molecule has 0 spiro atoms. The molecule has 226 valence electrons. The Hall–Kier alpha value is -2.24. The molecule has 1 saturated heterocycles. The zero-order valence-electron chi connectivity index (χ0n) is 25.9. The van der Waals surface area contributed by atoms with E-state index >= 15 is 0 Å². The minimum atomic E-state index is -0.770. The number of amides is 3. The topological polar surface area (TPSA) is 118 Å². The van der Waals surface area contributed by atoms with Crippen LogP contribution in [0, 0.1) is 11.8 Å². The molecule has 6 atom stereocenters. The van der Waals surface area contributed by atoms with Gasteiger partial charge in [-0.05, 0) is 53.6 Å². The molecular weight excluding hydrogens is 504 g/mol. The van der Waals surface area contributed by atoms with Gasteiger partial charge in [0.1, 0.15) is 0 Å². The van der Waals surface area contributed by atoms with E-state index in [-0.39, 0.29) is 54.7 Å². The molecule has 11 heteroatoms. The molecule has 0 aromatic rings. The fourth-order valence-corrected chi connectivity index (χ4v) is 5.20. The van der Waals surface area contributed by atoms with Crippen molar-refractivity contribution >= 4 is 23.7 Å². The summed E-state index contributed by atoms with van der Waals surface area (Å²) in [7, 11) is 9.74. The molecule has 1 aliphatic heterocycles. The highest BCUT2D eigenvalue weighted by atomic mass is 16.5. The van der Waals surface area contributed by atoms with Crippen LogP contribution in [0.5, 0.6) is 0 Å². The third kappa shape index (κ3) is 8.62. The molecule has 0 aromatic carbocycles. The summed E-state index contributed by atoms with van der Waals surface area (Å²) in [5, 5.41) is 2.75. The first-order chi connectivity index (χ1) is 18.2.